The Labute approximate surface area is 135 Å². The third kappa shape index (κ3) is 2.67. The minimum absolute atomic E-state index is 0.174. The largest absolute Gasteiger partial charge is 0.508 e. The van der Waals surface area contributed by atoms with Crippen LogP contribution in [0, 0.1) is 0 Å². The summed E-state index contributed by atoms with van der Waals surface area (Å²) in [7, 11) is 1.54. The van der Waals surface area contributed by atoms with Crippen molar-refractivity contribution in [1.29, 1.82) is 0 Å². The van der Waals surface area contributed by atoms with Crippen LogP contribution in [0.25, 0.3) is 11.2 Å². The Morgan fingerprint density at radius 2 is 2.04 bits per heavy atom. The first-order valence-electron chi connectivity index (χ1n) is 7.29. The molecule has 2 aromatic heterocycles. The van der Waals surface area contributed by atoms with Gasteiger partial charge >= 0.3 is 5.69 Å². The van der Waals surface area contributed by atoms with E-state index in [0.29, 0.717) is 18.0 Å². The van der Waals surface area contributed by atoms with E-state index in [1.165, 1.54) is 11.6 Å². The summed E-state index contributed by atoms with van der Waals surface area (Å²) >= 11 is 0. The molecule has 0 unspecified atom stereocenters. The standard InChI is InChI=1S/C15H16N6O3/c1-3-21-11-12(20(2)15(24)18-13(11)23)17-14(21)19-16-8-9-4-6-10(22)7-5-9/h4-8,22H,3H2,1-2H3,(H,17,19)(H,18,23,24). The second-order valence-electron chi connectivity index (χ2n) is 5.13. The summed E-state index contributed by atoms with van der Waals surface area (Å²) in [5.74, 6) is 0.530. The van der Waals surface area contributed by atoms with E-state index < -0.39 is 11.2 Å². The zero-order chi connectivity index (χ0) is 17.3. The molecule has 0 bridgehead atoms. The summed E-state index contributed by atoms with van der Waals surface area (Å²) in [5.41, 5.74) is 3.15. The number of benzene rings is 1. The SMILES string of the molecule is CCn1c(NN=Cc2ccc(O)cc2)nc2c1c(=O)[nH]c(=O)n2C. The number of imidazole rings is 1. The van der Waals surface area contributed by atoms with Gasteiger partial charge in [0.25, 0.3) is 5.56 Å². The minimum atomic E-state index is -0.521. The predicted octanol–water partition coefficient (Wildman–Crippen LogP) is 0.595. The highest BCUT2D eigenvalue weighted by molar-refractivity contribution is 5.80. The molecule has 124 valence electrons. The molecule has 3 rings (SSSR count). The number of hydrazone groups is 1. The van der Waals surface area contributed by atoms with Gasteiger partial charge in [0.05, 0.1) is 6.21 Å². The van der Waals surface area contributed by atoms with E-state index in [-0.39, 0.29) is 11.4 Å². The van der Waals surface area contributed by atoms with Crippen molar-refractivity contribution in [3.05, 3.63) is 50.7 Å². The van der Waals surface area contributed by atoms with Crippen molar-refractivity contribution >= 4 is 23.3 Å². The van der Waals surface area contributed by atoms with Crippen molar-refractivity contribution < 1.29 is 5.11 Å². The Hall–Kier alpha value is -3.36. The maximum atomic E-state index is 12.1. The van der Waals surface area contributed by atoms with Crippen LogP contribution in [0.15, 0.2) is 39.0 Å². The summed E-state index contributed by atoms with van der Waals surface area (Å²) in [5, 5.41) is 13.3. The molecule has 0 spiro atoms. The molecule has 24 heavy (non-hydrogen) atoms. The smallest absolute Gasteiger partial charge is 0.329 e. The highest BCUT2D eigenvalue weighted by atomic mass is 16.3. The second kappa shape index (κ2) is 6.03. The van der Waals surface area contributed by atoms with E-state index in [0.717, 1.165) is 5.56 Å². The Kier molecular flexibility index (Phi) is 3.90. The molecule has 0 aliphatic heterocycles. The Morgan fingerprint density at radius 3 is 2.71 bits per heavy atom. The van der Waals surface area contributed by atoms with Crippen LogP contribution in [0.2, 0.25) is 0 Å². The number of rotatable bonds is 4. The highest BCUT2D eigenvalue weighted by Crippen LogP contribution is 2.15. The summed E-state index contributed by atoms with van der Waals surface area (Å²) in [6.07, 6.45) is 1.56. The molecular weight excluding hydrogens is 312 g/mol. The highest BCUT2D eigenvalue weighted by Gasteiger charge is 2.15. The Bertz CT molecular complexity index is 1030. The summed E-state index contributed by atoms with van der Waals surface area (Å²) in [6.45, 7) is 2.34. The fourth-order valence-corrected chi connectivity index (χ4v) is 2.35. The van der Waals surface area contributed by atoms with E-state index in [9.17, 15) is 14.7 Å². The molecule has 0 aliphatic rings. The first-order valence-corrected chi connectivity index (χ1v) is 7.29. The molecule has 0 saturated carbocycles. The number of hydrogen-bond acceptors (Lipinski definition) is 6. The van der Waals surface area contributed by atoms with E-state index in [1.807, 2.05) is 6.92 Å². The zero-order valence-electron chi connectivity index (χ0n) is 13.1. The third-order valence-electron chi connectivity index (χ3n) is 3.59. The number of anilines is 1. The van der Waals surface area contributed by atoms with E-state index in [2.05, 4.69) is 20.5 Å². The van der Waals surface area contributed by atoms with Gasteiger partial charge in [-0.05, 0) is 36.8 Å². The molecule has 2 heterocycles. The van der Waals surface area contributed by atoms with Gasteiger partial charge in [-0.15, -0.1) is 0 Å². The van der Waals surface area contributed by atoms with Gasteiger partial charge in [0, 0.05) is 13.6 Å². The van der Waals surface area contributed by atoms with E-state index in [4.69, 9.17) is 0 Å². The zero-order valence-corrected chi connectivity index (χ0v) is 13.1. The van der Waals surface area contributed by atoms with Gasteiger partial charge in [0.1, 0.15) is 5.75 Å². The summed E-state index contributed by atoms with van der Waals surface area (Å²) in [6, 6.07) is 6.52. The predicted molar refractivity (Wildman–Crippen MR) is 90.6 cm³/mol. The number of aromatic hydroxyl groups is 1. The molecule has 0 saturated heterocycles. The lowest BCUT2D eigenvalue weighted by Gasteiger charge is -2.03. The molecule has 0 fully saturated rings. The fourth-order valence-electron chi connectivity index (χ4n) is 2.35. The van der Waals surface area contributed by atoms with Crippen molar-refractivity contribution in [3.63, 3.8) is 0 Å². The average molecular weight is 328 g/mol. The summed E-state index contributed by atoms with van der Waals surface area (Å²) in [4.78, 5) is 30.3. The molecular formula is C15H16N6O3. The quantitative estimate of drug-likeness (QED) is 0.479. The van der Waals surface area contributed by atoms with Gasteiger partial charge in [-0.25, -0.2) is 10.2 Å². The van der Waals surface area contributed by atoms with Crippen molar-refractivity contribution in [3.8, 4) is 5.75 Å². The lowest BCUT2D eigenvalue weighted by Crippen LogP contribution is -2.29. The second-order valence-corrected chi connectivity index (χ2v) is 5.13. The molecule has 0 aliphatic carbocycles. The van der Waals surface area contributed by atoms with Gasteiger partial charge < -0.3 is 9.67 Å². The Balaban J connectivity index is 1.99. The maximum Gasteiger partial charge on any atom is 0.329 e. The van der Waals surface area contributed by atoms with Crippen molar-refractivity contribution in [2.45, 2.75) is 13.5 Å². The normalized spacial score (nSPS) is 11.4. The number of nitrogens with zero attached hydrogens (tertiary/aromatic N) is 4. The minimum Gasteiger partial charge on any atom is -0.508 e. The van der Waals surface area contributed by atoms with Crippen molar-refractivity contribution in [2.75, 3.05) is 5.43 Å². The van der Waals surface area contributed by atoms with Crippen molar-refractivity contribution in [2.24, 2.45) is 12.1 Å². The number of aromatic nitrogens is 4. The Morgan fingerprint density at radius 1 is 1.33 bits per heavy atom. The lowest BCUT2D eigenvalue weighted by molar-refractivity contribution is 0.475. The van der Waals surface area contributed by atoms with E-state index >= 15 is 0 Å². The van der Waals surface area contributed by atoms with Crippen LogP contribution >= 0.6 is 0 Å². The van der Waals surface area contributed by atoms with Crippen LogP contribution in [0.4, 0.5) is 5.95 Å². The van der Waals surface area contributed by atoms with Crippen LogP contribution in [-0.2, 0) is 13.6 Å². The molecule has 3 aromatic rings. The monoisotopic (exact) mass is 328 g/mol. The van der Waals surface area contributed by atoms with Gasteiger partial charge in [0.15, 0.2) is 11.2 Å². The van der Waals surface area contributed by atoms with Gasteiger partial charge in [-0.2, -0.15) is 10.1 Å². The van der Waals surface area contributed by atoms with Gasteiger partial charge in [-0.1, -0.05) is 0 Å². The number of aromatic amines is 1. The number of phenols is 1. The molecule has 0 atom stereocenters. The van der Waals surface area contributed by atoms with E-state index in [1.54, 1.807) is 35.0 Å². The lowest BCUT2D eigenvalue weighted by atomic mass is 10.2. The summed E-state index contributed by atoms with van der Waals surface area (Å²) < 4.78 is 2.92. The molecule has 1 aromatic carbocycles. The number of H-pyrrole nitrogens is 1. The van der Waals surface area contributed by atoms with Crippen LogP contribution in [0.1, 0.15) is 12.5 Å². The molecule has 9 nitrogen and oxygen atoms in total. The van der Waals surface area contributed by atoms with Gasteiger partial charge in [0.2, 0.25) is 5.95 Å². The first kappa shape index (κ1) is 15.5. The van der Waals surface area contributed by atoms with Crippen molar-refractivity contribution in [1.82, 2.24) is 19.1 Å². The molecule has 9 heteroatoms. The number of hydrogen-bond donors (Lipinski definition) is 3. The van der Waals surface area contributed by atoms with Crippen LogP contribution in [0.3, 0.4) is 0 Å². The first-order chi connectivity index (χ1) is 11.5. The number of nitrogens with one attached hydrogen (secondary N) is 2. The van der Waals surface area contributed by atoms with Gasteiger partial charge in [-0.3, -0.25) is 14.3 Å². The number of aryl methyl sites for hydroxylation is 2. The van der Waals surface area contributed by atoms with Crippen LogP contribution in [-0.4, -0.2) is 30.4 Å². The fraction of sp³-hybridized carbons (Fsp3) is 0.200. The number of phenolic OH excluding ortho intramolecular Hbond substituents is 1. The molecule has 0 amide bonds. The average Bonchev–Trinajstić information content (AvgIpc) is 2.94. The number of fused-ring (bicyclic) bond motifs is 1. The van der Waals surface area contributed by atoms with Crippen LogP contribution in [0.5, 0.6) is 5.75 Å². The third-order valence-corrected chi connectivity index (χ3v) is 3.59. The maximum absolute atomic E-state index is 12.1. The van der Waals surface area contributed by atoms with Crippen LogP contribution < -0.4 is 16.7 Å². The molecule has 0 radical (unpaired) electrons. The molecule has 3 N–H and O–H groups in total. The topological polar surface area (TPSA) is 117 Å².